The van der Waals surface area contributed by atoms with Crippen LogP contribution in [-0.2, 0) is 0 Å². The van der Waals surface area contributed by atoms with Crippen LogP contribution in [0.25, 0.3) is 10.9 Å². The lowest BCUT2D eigenvalue weighted by molar-refractivity contribution is -0.463. The number of benzene rings is 1. The molecule has 1 heterocycles. The lowest BCUT2D eigenvalue weighted by Crippen LogP contribution is -2.12. The van der Waals surface area contributed by atoms with Gasteiger partial charge in [-0.15, -0.1) is 0 Å². The molecule has 0 aliphatic heterocycles. The number of aromatic amines is 1. The topological polar surface area (TPSA) is 55.8 Å². The Kier molecular flexibility index (Phi) is 1.66. The van der Waals surface area contributed by atoms with Gasteiger partial charge in [-0.3, -0.25) is 4.79 Å². The van der Waals surface area contributed by atoms with Crippen LogP contribution in [0.3, 0.4) is 0 Å². The van der Waals surface area contributed by atoms with E-state index in [9.17, 15) is 9.70 Å². The summed E-state index contributed by atoms with van der Waals surface area (Å²) in [6.07, 6.45) is 2.60. The average molecular weight is 175 g/mol. The normalized spacial score (nSPS) is 10.2. The van der Waals surface area contributed by atoms with Crippen molar-refractivity contribution < 1.29 is 4.43 Å². The van der Waals surface area contributed by atoms with Crippen LogP contribution in [0.4, 0.5) is 0 Å². The largest absolute Gasteiger partial charge is 0.323 e. The highest BCUT2D eigenvalue weighted by Gasteiger charge is 2.04. The highest BCUT2D eigenvalue weighted by Crippen LogP contribution is 1.99. The van der Waals surface area contributed by atoms with Gasteiger partial charge in [-0.25, -0.2) is 0 Å². The highest BCUT2D eigenvalue weighted by molar-refractivity contribution is 5.73. The predicted molar refractivity (Wildman–Crippen MR) is 47.9 cm³/mol. The Morgan fingerprint density at radius 2 is 2.00 bits per heavy atom. The fraction of sp³-hybridized carbons (Fsp3) is 0. The quantitative estimate of drug-likeness (QED) is 0.591. The molecule has 0 fully saturated rings. The van der Waals surface area contributed by atoms with Gasteiger partial charge in [-0.2, -0.15) is 0 Å². The van der Waals surface area contributed by atoms with E-state index in [0.29, 0.717) is 15.3 Å². The van der Waals surface area contributed by atoms with Crippen molar-refractivity contribution in [1.29, 1.82) is 0 Å². The van der Waals surface area contributed by atoms with Gasteiger partial charge >= 0.3 is 0 Å². The van der Waals surface area contributed by atoms with Crippen molar-refractivity contribution in [2.75, 3.05) is 0 Å². The Bertz CT molecular complexity index is 511. The van der Waals surface area contributed by atoms with Crippen LogP contribution < -0.4 is 9.99 Å². The van der Waals surface area contributed by atoms with Gasteiger partial charge in [0.15, 0.2) is 0 Å². The molecule has 4 heteroatoms. The second-order valence-corrected chi connectivity index (χ2v) is 2.63. The Labute approximate surface area is 73.1 Å². The number of para-hydroxylation sites is 1. The minimum absolute atomic E-state index is 0.259. The van der Waals surface area contributed by atoms with Crippen LogP contribution in [0.5, 0.6) is 0 Å². The summed E-state index contributed by atoms with van der Waals surface area (Å²) < 4.78 is 0.660. The van der Waals surface area contributed by atoms with Crippen molar-refractivity contribution in [3.63, 3.8) is 0 Å². The maximum absolute atomic E-state index is 11.3. The summed E-state index contributed by atoms with van der Waals surface area (Å²) in [4.78, 5) is 25.1. The SMILES string of the molecule is O=c1[nH]cc[n+](=O)c2ccccc12. The number of hydrogen-bond donors (Lipinski definition) is 1. The van der Waals surface area contributed by atoms with Gasteiger partial charge < -0.3 is 4.98 Å². The lowest BCUT2D eigenvalue weighted by atomic mass is 10.2. The van der Waals surface area contributed by atoms with Crippen molar-refractivity contribution in [2.24, 2.45) is 0 Å². The first-order valence-electron chi connectivity index (χ1n) is 3.82. The molecule has 0 radical (unpaired) electrons. The molecule has 1 N–H and O–H groups in total. The number of hydrogen-bond acceptors (Lipinski definition) is 2. The van der Waals surface area contributed by atoms with Crippen LogP contribution in [-0.4, -0.2) is 4.98 Å². The molecule has 0 atom stereocenters. The van der Waals surface area contributed by atoms with Gasteiger partial charge in [0, 0.05) is 11.0 Å². The smallest absolute Gasteiger partial charge is 0.275 e. The average Bonchev–Trinajstić information content (AvgIpc) is 2.29. The summed E-state index contributed by atoms with van der Waals surface area (Å²) in [5, 5.41) is 0.391. The molecular weight excluding hydrogens is 168 g/mol. The minimum atomic E-state index is -0.259. The molecule has 0 bridgehead atoms. The fourth-order valence-corrected chi connectivity index (χ4v) is 1.20. The van der Waals surface area contributed by atoms with Gasteiger partial charge in [0.1, 0.15) is 5.39 Å². The summed E-state index contributed by atoms with van der Waals surface area (Å²) in [6.45, 7) is 0. The first kappa shape index (κ1) is 7.67. The zero-order valence-electron chi connectivity index (χ0n) is 6.73. The maximum Gasteiger partial charge on any atom is 0.275 e. The van der Waals surface area contributed by atoms with Crippen LogP contribution in [0.1, 0.15) is 0 Å². The van der Waals surface area contributed by atoms with E-state index < -0.39 is 0 Å². The number of fused-ring (bicyclic) bond motifs is 1. The molecule has 0 spiro atoms. The third-order valence-corrected chi connectivity index (χ3v) is 1.81. The molecule has 1 aromatic heterocycles. The zero-order valence-corrected chi connectivity index (χ0v) is 6.73. The van der Waals surface area contributed by atoms with Gasteiger partial charge in [-0.1, -0.05) is 12.1 Å². The van der Waals surface area contributed by atoms with E-state index in [1.54, 1.807) is 24.3 Å². The Balaban J connectivity index is 3.19. The van der Waals surface area contributed by atoms with Crippen molar-refractivity contribution in [3.05, 3.63) is 51.9 Å². The molecule has 13 heavy (non-hydrogen) atoms. The number of rotatable bonds is 0. The second-order valence-electron chi connectivity index (χ2n) is 2.63. The van der Waals surface area contributed by atoms with E-state index in [4.69, 9.17) is 0 Å². The summed E-state index contributed by atoms with van der Waals surface area (Å²) in [5.41, 5.74) is 0.110. The molecule has 2 rings (SSSR count). The molecule has 0 amide bonds. The minimum Gasteiger partial charge on any atom is -0.323 e. The van der Waals surface area contributed by atoms with Crippen molar-refractivity contribution in [2.45, 2.75) is 0 Å². The van der Waals surface area contributed by atoms with Crippen LogP contribution in [0, 0.1) is 4.91 Å². The summed E-state index contributed by atoms with van der Waals surface area (Å²) >= 11 is 0. The van der Waals surface area contributed by atoms with Crippen molar-refractivity contribution in [1.82, 2.24) is 4.98 Å². The number of H-pyrrole nitrogens is 1. The second kappa shape index (κ2) is 2.82. The van der Waals surface area contributed by atoms with Crippen LogP contribution in [0.2, 0.25) is 0 Å². The Morgan fingerprint density at radius 1 is 1.23 bits per heavy atom. The summed E-state index contributed by atoms with van der Waals surface area (Å²) in [5.74, 6) is 0. The molecule has 0 aliphatic rings. The molecular formula is C9H7N2O2+. The predicted octanol–water partition coefficient (Wildman–Crippen LogP) is 0.443. The molecule has 2 aromatic rings. The molecule has 0 saturated heterocycles. The molecule has 0 saturated carbocycles. The van der Waals surface area contributed by atoms with Gasteiger partial charge in [0.25, 0.3) is 11.1 Å². The molecule has 0 unspecified atom stereocenters. The monoisotopic (exact) mass is 175 g/mol. The van der Waals surface area contributed by atoms with E-state index in [2.05, 4.69) is 4.98 Å². The van der Waals surface area contributed by atoms with E-state index in [0.717, 1.165) is 0 Å². The van der Waals surface area contributed by atoms with E-state index >= 15 is 0 Å². The molecule has 0 aliphatic carbocycles. The standard InChI is InChI=1S/C9H6N2O2/c12-9-7-3-1-2-4-8(7)11(13)6-5-10-9/h1-6H/p+1. The first-order chi connectivity index (χ1) is 6.29. The zero-order chi connectivity index (χ0) is 9.26. The van der Waals surface area contributed by atoms with E-state index in [-0.39, 0.29) is 5.56 Å². The lowest BCUT2D eigenvalue weighted by Gasteiger charge is -1.79. The third kappa shape index (κ3) is 1.22. The van der Waals surface area contributed by atoms with Gasteiger partial charge in [0.2, 0.25) is 6.20 Å². The first-order valence-corrected chi connectivity index (χ1v) is 3.82. The van der Waals surface area contributed by atoms with Gasteiger partial charge in [0.05, 0.1) is 10.6 Å². The Morgan fingerprint density at radius 3 is 2.85 bits per heavy atom. The number of nitrogens with zero attached hydrogens (tertiary/aromatic N) is 1. The van der Waals surface area contributed by atoms with Crippen LogP contribution in [0.15, 0.2) is 41.5 Å². The third-order valence-electron chi connectivity index (χ3n) is 1.81. The van der Waals surface area contributed by atoms with Crippen molar-refractivity contribution >= 4 is 10.9 Å². The van der Waals surface area contributed by atoms with E-state index in [1.807, 2.05) is 0 Å². The van der Waals surface area contributed by atoms with Crippen LogP contribution >= 0.6 is 0 Å². The number of aromatic nitrogens is 2. The Hall–Kier alpha value is -1.97. The van der Waals surface area contributed by atoms with E-state index in [1.165, 1.54) is 12.4 Å². The fourth-order valence-electron chi connectivity index (χ4n) is 1.20. The molecule has 4 nitrogen and oxygen atoms in total. The summed E-state index contributed by atoms with van der Waals surface area (Å²) in [6, 6.07) is 6.66. The van der Waals surface area contributed by atoms with Crippen molar-refractivity contribution in [3.8, 4) is 0 Å². The molecule has 1 aromatic carbocycles. The van der Waals surface area contributed by atoms with Gasteiger partial charge in [-0.05, 0) is 6.07 Å². The maximum atomic E-state index is 11.3. The molecule has 64 valence electrons. The summed E-state index contributed by atoms with van der Waals surface area (Å²) in [7, 11) is 0. The highest BCUT2D eigenvalue weighted by atomic mass is 16.3. The number of nitrogens with one attached hydrogen (secondary N) is 1.